The molecule has 0 radical (unpaired) electrons. The van der Waals surface area contributed by atoms with Crippen LogP contribution in [0.1, 0.15) is 97.3 Å². The zero-order chi connectivity index (χ0) is 38.2. The van der Waals surface area contributed by atoms with Crippen molar-refractivity contribution in [3.63, 3.8) is 0 Å². The minimum Gasteiger partial charge on any atom is -0.346 e. The van der Waals surface area contributed by atoms with Crippen LogP contribution in [0.25, 0.3) is 0 Å². The van der Waals surface area contributed by atoms with E-state index in [4.69, 9.17) is 0 Å². The number of nitrogens with one attached hydrogen (secondary N) is 4. The normalized spacial score (nSPS) is 27.0. The second-order valence-electron chi connectivity index (χ2n) is 17.5. The highest BCUT2D eigenvalue weighted by molar-refractivity contribution is 7.83. The molecule has 0 spiro atoms. The molecule has 7 atom stereocenters. The number of amides is 5. The van der Waals surface area contributed by atoms with Gasteiger partial charge in [-0.3, -0.25) is 19.2 Å². The first kappa shape index (κ1) is 39.6. The van der Waals surface area contributed by atoms with Gasteiger partial charge in [-0.15, -0.1) is 17.9 Å². The fourth-order valence-electron chi connectivity index (χ4n) is 8.97. The summed E-state index contributed by atoms with van der Waals surface area (Å²) in [5, 5.41) is 13.7. The number of Topliss-reactive ketones (excluding diaryl/α,β-unsaturated/α-hetero) is 1. The van der Waals surface area contributed by atoms with E-state index in [1.54, 1.807) is 16.2 Å². The van der Waals surface area contributed by atoms with Gasteiger partial charge in [0.1, 0.15) is 23.1 Å². The van der Waals surface area contributed by atoms with Crippen molar-refractivity contribution in [1.82, 2.24) is 30.5 Å². The molecule has 292 valence electrons. The fourth-order valence-corrected chi connectivity index (χ4v) is 11.5. The van der Waals surface area contributed by atoms with Crippen molar-refractivity contribution in [3.05, 3.63) is 29.0 Å². The van der Waals surface area contributed by atoms with E-state index in [-0.39, 0.29) is 53.0 Å². The first-order chi connectivity index (χ1) is 25.1. The lowest BCUT2D eigenvalue weighted by Gasteiger charge is -2.38. The molecule has 2 unspecified atom stereocenters. The van der Waals surface area contributed by atoms with Crippen LogP contribution >= 0.6 is 11.3 Å². The van der Waals surface area contributed by atoms with Crippen molar-refractivity contribution in [2.45, 2.75) is 128 Å². The number of carbonyl (C=O) groups is 5. The van der Waals surface area contributed by atoms with E-state index >= 15 is 0 Å². The number of carbonyl (C=O) groups excluding carboxylic acids is 5. The number of urea groups is 1. The maximum atomic E-state index is 14.8. The van der Waals surface area contributed by atoms with Gasteiger partial charge in [-0.2, -0.15) is 0 Å². The van der Waals surface area contributed by atoms with Gasteiger partial charge in [-0.05, 0) is 65.2 Å². The van der Waals surface area contributed by atoms with Crippen LogP contribution in [0, 0.1) is 34.5 Å². The van der Waals surface area contributed by atoms with Crippen LogP contribution in [0.3, 0.4) is 0 Å². The summed E-state index contributed by atoms with van der Waals surface area (Å²) in [5.74, 6) is -1.98. The van der Waals surface area contributed by atoms with Crippen LogP contribution in [0.2, 0.25) is 0 Å². The molecule has 6 rings (SSSR count). The molecule has 3 saturated carbocycles. The van der Waals surface area contributed by atoms with Gasteiger partial charge in [-0.25, -0.2) is 13.3 Å². The number of hydrogen-bond donors (Lipinski definition) is 4. The Morgan fingerprint density at radius 3 is 2.38 bits per heavy atom. The largest absolute Gasteiger partial charge is 0.346 e. The van der Waals surface area contributed by atoms with Gasteiger partial charge in [0.15, 0.2) is 0 Å². The Kier molecular flexibility index (Phi) is 11.9. The van der Waals surface area contributed by atoms with E-state index < -0.39 is 52.7 Å². The topological polar surface area (TPSA) is 157 Å². The van der Waals surface area contributed by atoms with Gasteiger partial charge >= 0.3 is 6.03 Å². The van der Waals surface area contributed by atoms with Crippen LogP contribution in [0.4, 0.5) is 4.79 Å². The molecule has 4 N–H and O–H groups in total. The molecular formula is C39H58N6O6S2. The number of nitrogens with zero attached hydrogens (tertiary/aromatic N) is 2. The molecule has 3 heterocycles. The first-order valence-electron chi connectivity index (χ1n) is 19.5. The minimum absolute atomic E-state index is 0.0905. The van der Waals surface area contributed by atoms with E-state index in [1.807, 2.05) is 36.5 Å². The second kappa shape index (κ2) is 15.9. The van der Waals surface area contributed by atoms with Gasteiger partial charge in [0, 0.05) is 37.1 Å². The third-order valence-electron chi connectivity index (χ3n) is 12.7. The average molecular weight is 771 g/mol. The van der Waals surface area contributed by atoms with Crippen molar-refractivity contribution in [2.24, 2.45) is 34.5 Å². The Bertz CT molecular complexity index is 1610. The van der Waals surface area contributed by atoms with Crippen molar-refractivity contribution < 1.29 is 28.2 Å². The Balaban J connectivity index is 1.19. The van der Waals surface area contributed by atoms with Crippen LogP contribution in [0.15, 0.2) is 29.0 Å². The third-order valence-corrected chi connectivity index (χ3v) is 15.2. The summed E-state index contributed by atoms with van der Waals surface area (Å²) in [7, 11) is -1.30. The summed E-state index contributed by atoms with van der Waals surface area (Å²) in [6.07, 6.45) is 9.36. The van der Waals surface area contributed by atoms with E-state index in [0.717, 1.165) is 61.1 Å². The molecule has 0 bridgehead atoms. The van der Waals surface area contributed by atoms with E-state index in [1.165, 1.54) is 6.08 Å². The summed E-state index contributed by atoms with van der Waals surface area (Å²) < 4.78 is 15.1. The van der Waals surface area contributed by atoms with Crippen molar-refractivity contribution in [2.75, 3.05) is 19.6 Å². The summed E-state index contributed by atoms with van der Waals surface area (Å²) in [6, 6.07) is -1.57. The highest BCUT2D eigenvalue weighted by atomic mass is 32.2. The molecule has 53 heavy (non-hydrogen) atoms. The monoisotopic (exact) mass is 770 g/mol. The lowest BCUT2D eigenvalue weighted by molar-refractivity contribution is -0.145. The number of rotatable bonds is 14. The molecule has 1 saturated heterocycles. The summed E-state index contributed by atoms with van der Waals surface area (Å²) in [4.78, 5) is 72.7. The van der Waals surface area contributed by atoms with Crippen LogP contribution in [0.5, 0.6) is 0 Å². The van der Waals surface area contributed by atoms with Gasteiger partial charge < -0.3 is 26.2 Å². The van der Waals surface area contributed by atoms with Gasteiger partial charge in [0.2, 0.25) is 17.6 Å². The molecule has 5 aliphatic rings. The molecule has 3 aliphatic carbocycles. The number of hydrogen-bond acceptors (Lipinski definition) is 7. The number of likely N-dealkylation sites (tertiary alicyclic amines) is 1. The lowest BCUT2D eigenvalue weighted by atomic mass is 9.80. The van der Waals surface area contributed by atoms with Gasteiger partial charge in [0.25, 0.3) is 5.91 Å². The van der Waals surface area contributed by atoms with Crippen molar-refractivity contribution >= 4 is 51.9 Å². The molecular weight excluding hydrogens is 713 g/mol. The van der Waals surface area contributed by atoms with Crippen LogP contribution in [-0.4, -0.2) is 86.8 Å². The maximum absolute atomic E-state index is 14.8. The zero-order valence-electron chi connectivity index (χ0n) is 31.9. The average Bonchev–Trinajstić information content (AvgIpc) is 3.57. The number of ketones is 1. The second-order valence-corrected chi connectivity index (χ2v) is 20.0. The molecule has 2 aliphatic heterocycles. The van der Waals surface area contributed by atoms with Gasteiger partial charge in [0.05, 0.1) is 10.9 Å². The molecule has 14 heteroatoms. The van der Waals surface area contributed by atoms with Crippen LogP contribution < -0.4 is 21.3 Å². The lowest BCUT2D eigenvalue weighted by Crippen LogP contribution is -2.61. The van der Waals surface area contributed by atoms with E-state index in [0.29, 0.717) is 26.1 Å². The van der Waals surface area contributed by atoms with E-state index in [2.05, 4.69) is 41.7 Å². The summed E-state index contributed by atoms with van der Waals surface area (Å²) in [6.45, 7) is 15.4. The molecule has 4 fully saturated rings. The Morgan fingerprint density at radius 1 is 1.04 bits per heavy atom. The Hall–Kier alpha value is -3.10. The standard InChI is InChI=1S/C39H58N6O6S2/c1-7-17-40-35(48)33(46)26(19-23-12-11-13-23)41-34(47)32-30-25(39(30,5)6)20-45(32)36(49)31(24-14-9-8-10-15-24)43-37(50)42-29(38(2,3)4)22-44-21-27-28(53(44)51)16-18-52-27/h7,16,18,23-26,29-32H,1,8-15,17,19-22H2,2-6H3,(H,40,48)(H,41,47)(H2,42,43,50)/t25-,26?,29+,30-,31-,32-,53?/m0/s1. The van der Waals surface area contributed by atoms with Crippen molar-refractivity contribution in [1.29, 1.82) is 0 Å². The quantitative estimate of drug-likeness (QED) is 0.164. The highest BCUT2D eigenvalue weighted by Crippen LogP contribution is 2.65. The predicted molar refractivity (Wildman–Crippen MR) is 205 cm³/mol. The maximum Gasteiger partial charge on any atom is 0.315 e. The summed E-state index contributed by atoms with van der Waals surface area (Å²) >= 11 is 1.58. The Labute approximate surface area is 320 Å². The molecule has 5 amide bonds. The van der Waals surface area contributed by atoms with Crippen molar-refractivity contribution in [3.8, 4) is 0 Å². The first-order valence-corrected chi connectivity index (χ1v) is 21.4. The SMILES string of the molecule is C=CCNC(=O)C(=O)C(CC1CCC1)NC(=O)[C@@H]1[C@@H]2[C@H](CN1C(=O)[C@@H](NC(=O)N[C@H](CN1Cc3sccc3S1=O)C(C)(C)C)C1CCCCC1)C2(C)C. The predicted octanol–water partition coefficient (Wildman–Crippen LogP) is 4.28. The number of piperidine rings is 1. The fraction of sp³-hybridized carbons (Fsp3) is 0.718. The minimum atomic E-state index is -1.30. The molecule has 1 aromatic rings. The zero-order valence-corrected chi connectivity index (χ0v) is 33.5. The molecule has 0 aromatic carbocycles. The number of thiophene rings is 1. The van der Waals surface area contributed by atoms with E-state index in [9.17, 15) is 28.2 Å². The molecule has 1 aromatic heterocycles. The van der Waals surface area contributed by atoms with Crippen LogP contribution in [-0.2, 0) is 36.7 Å². The highest BCUT2D eigenvalue weighted by Gasteiger charge is 2.69. The summed E-state index contributed by atoms with van der Waals surface area (Å²) in [5.41, 5.74) is -0.541. The number of fused-ring (bicyclic) bond motifs is 2. The van der Waals surface area contributed by atoms with Gasteiger partial charge in [-0.1, -0.05) is 79.2 Å². The molecule has 12 nitrogen and oxygen atoms in total. The third kappa shape index (κ3) is 8.44. The Morgan fingerprint density at radius 2 is 1.75 bits per heavy atom. The smallest absolute Gasteiger partial charge is 0.315 e.